The number of rotatable bonds is 6. The fraction of sp³-hybridized carbons (Fsp3) is 0.417. The van der Waals surface area contributed by atoms with Crippen molar-refractivity contribution >= 4 is 27.6 Å². The molecule has 16 heavy (non-hydrogen) atoms. The molecule has 0 aliphatic carbocycles. The predicted molar refractivity (Wildman–Crippen MR) is 70.7 cm³/mol. The van der Waals surface area contributed by atoms with E-state index in [2.05, 4.69) is 31.2 Å². The maximum absolute atomic E-state index is 11.1. The zero-order valence-corrected chi connectivity index (χ0v) is 11.2. The minimum atomic E-state index is -0.112. The summed E-state index contributed by atoms with van der Waals surface area (Å²) in [6, 6.07) is 8.37. The summed E-state index contributed by atoms with van der Waals surface area (Å²) in [6.07, 6.45) is 0.484. The largest absolute Gasteiger partial charge is 0.466 e. The first-order chi connectivity index (χ1) is 7.72. The summed E-state index contributed by atoms with van der Waals surface area (Å²) in [5, 5.41) is 0. The second kappa shape index (κ2) is 7.63. The molecule has 2 nitrogen and oxygen atoms in total. The van der Waals surface area contributed by atoms with Gasteiger partial charge in [-0.2, -0.15) is 0 Å². The SMILES string of the molecule is CCOC(=O)CCSSc1ccc(C)cc1. The van der Waals surface area contributed by atoms with Gasteiger partial charge in [0, 0.05) is 10.6 Å². The molecule has 0 aromatic heterocycles. The van der Waals surface area contributed by atoms with Gasteiger partial charge in [-0.05, 0) is 26.0 Å². The number of hydrogen-bond donors (Lipinski definition) is 0. The Bertz CT molecular complexity index is 322. The molecule has 0 aliphatic rings. The molecular formula is C12H16O2S2. The average molecular weight is 256 g/mol. The highest BCUT2D eigenvalue weighted by Gasteiger charge is 2.01. The highest BCUT2D eigenvalue weighted by molar-refractivity contribution is 8.76. The molecule has 0 spiro atoms. The smallest absolute Gasteiger partial charge is 0.306 e. The molecule has 0 amide bonds. The molecule has 0 bridgehead atoms. The maximum Gasteiger partial charge on any atom is 0.306 e. The second-order valence-electron chi connectivity index (χ2n) is 3.27. The fourth-order valence-corrected chi connectivity index (χ4v) is 3.02. The van der Waals surface area contributed by atoms with Gasteiger partial charge < -0.3 is 4.74 Å². The van der Waals surface area contributed by atoms with Crippen LogP contribution in [-0.2, 0) is 9.53 Å². The molecule has 0 saturated heterocycles. The van der Waals surface area contributed by atoms with Crippen LogP contribution in [0.3, 0.4) is 0 Å². The molecule has 0 unspecified atom stereocenters. The molecule has 0 heterocycles. The molecule has 0 N–H and O–H groups in total. The van der Waals surface area contributed by atoms with Gasteiger partial charge in [0.25, 0.3) is 0 Å². The first-order valence-electron chi connectivity index (χ1n) is 5.24. The van der Waals surface area contributed by atoms with E-state index >= 15 is 0 Å². The fourth-order valence-electron chi connectivity index (χ4n) is 1.06. The summed E-state index contributed by atoms with van der Waals surface area (Å²) < 4.78 is 4.85. The van der Waals surface area contributed by atoms with Gasteiger partial charge in [-0.15, -0.1) is 0 Å². The number of ether oxygens (including phenoxy) is 1. The lowest BCUT2D eigenvalue weighted by atomic mass is 10.2. The van der Waals surface area contributed by atoms with Crippen LogP contribution in [0.4, 0.5) is 0 Å². The Morgan fingerprint density at radius 1 is 1.31 bits per heavy atom. The van der Waals surface area contributed by atoms with Gasteiger partial charge in [0.1, 0.15) is 0 Å². The summed E-state index contributed by atoms with van der Waals surface area (Å²) in [6.45, 7) is 4.36. The number of aryl methyl sites for hydroxylation is 1. The van der Waals surface area contributed by atoms with Crippen LogP contribution < -0.4 is 0 Å². The van der Waals surface area contributed by atoms with E-state index in [0.717, 1.165) is 5.75 Å². The van der Waals surface area contributed by atoms with Gasteiger partial charge in [-0.1, -0.05) is 39.3 Å². The molecule has 1 aromatic carbocycles. The molecule has 4 heteroatoms. The quantitative estimate of drug-likeness (QED) is 0.440. The lowest BCUT2D eigenvalue weighted by Crippen LogP contribution is -2.04. The van der Waals surface area contributed by atoms with Crippen molar-refractivity contribution in [1.82, 2.24) is 0 Å². The zero-order valence-electron chi connectivity index (χ0n) is 9.56. The monoisotopic (exact) mass is 256 g/mol. The average Bonchev–Trinajstić information content (AvgIpc) is 2.27. The lowest BCUT2D eigenvalue weighted by Gasteiger charge is -2.02. The topological polar surface area (TPSA) is 26.3 Å². The van der Waals surface area contributed by atoms with Gasteiger partial charge in [0.15, 0.2) is 0 Å². The van der Waals surface area contributed by atoms with Crippen LogP contribution in [0.5, 0.6) is 0 Å². The standard InChI is InChI=1S/C12H16O2S2/c1-3-14-12(13)8-9-15-16-11-6-4-10(2)5-7-11/h4-7H,3,8-9H2,1-2H3. The number of carbonyl (C=O) groups excluding carboxylic acids is 1. The summed E-state index contributed by atoms with van der Waals surface area (Å²) in [5.41, 5.74) is 1.26. The Hall–Kier alpha value is -0.610. The molecule has 0 atom stereocenters. The number of benzene rings is 1. The van der Waals surface area contributed by atoms with Crippen LogP contribution >= 0.6 is 21.6 Å². The summed E-state index contributed by atoms with van der Waals surface area (Å²) >= 11 is 0. The van der Waals surface area contributed by atoms with Crippen LogP contribution in [-0.4, -0.2) is 18.3 Å². The third-order valence-corrected chi connectivity index (χ3v) is 4.26. The van der Waals surface area contributed by atoms with Crippen molar-refractivity contribution in [2.24, 2.45) is 0 Å². The lowest BCUT2D eigenvalue weighted by molar-refractivity contribution is -0.142. The first-order valence-corrected chi connectivity index (χ1v) is 7.56. The van der Waals surface area contributed by atoms with Crippen LogP contribution in [0.25, 0.3) is 0 Å². The van der Waals surface area contributed by atoms with E-state index in [9.17, 15) is 4.79 Å². The molecule has 0 aliphatic heterocycles. The molecular weight excluding hydrogens is 240 g/mol. The highest BCUT2D eigenvalue weighted by Crippen LogP contribution is 2.31. The van der Waals surface area contributed by atoms with E-state index in [4.69, 9.17) is 4.74 Å². The zero-order chi connectivity index (χ0) is 11.8. The molecule has 1 aromatic rings. The molecule has 0 radical (unpaired) electrons. The third kappa shape index (κ3) is 5.47. The van der Waals surface area contributed by atoms with E-state index < -0.39 is 0 Å². The van der Waals surface area contributed by atoms with Gasteiger partial charge in [0.05, 0.1) is 13.0 Å². The number of carbonyl (C=O) groups is 1. The van der Waals surface area contributed by atoms with Gasteiger partial charge in [0.2, 0.25) is 0 Å². The normalized spacial score (nSPS) is 10.1. The van der Waals surface area contributed by atoms with Crippen molar-refractivity contribution in [3.8, 4) is 0 Å². The Balaban J connectivity index is 2.16. The van der Waals surface area contributed by atoms with E-state index in [-0.39, 0.29) is 5.97 Å². The van der Waals surface area contributed by atoms with E-state index in [1.807, 2.05) is 6.92 Å². The summed E-state index contributed by atoms with van der Waals surface area (Å²) in [5.74, 6) is 0.677. The molecule has 88 valence electrons. The van der Waals surface area contributed by atoms with Gasteiger partial charge >= 0.3 is 5.97 Å². The van der Waals surface area contributed by atoms with Crippen LogP contribution in [0.15, 0.2) is 29.2 Å². The van der Waals surface area contributed by atoms with Gasteiger partial charge in [-0.25, -0.2) is 0 Å². The predicted octanol–water partition coefficient (Wildman–Crippen LogP) is 3.69. The van der Waals surface area contributed by atoms with Gasteiger partial charge in [-0.3, -0.25) is 4.79 Å². The van der Waals surface area contributed by atoms with Crippen molar-refractivity contribution in [1.29, 1.82) is 0 Å². The number of esters is 1. The van der Waals surface area contributed by atoms with Crippen LogP contribution in [0.2, 0.25) is 0 Å². The summed E-state index contributed by atoms with van der Waals surface area (Å²) in [4.78, 5) is 12.3. The number of hydrogen-bond acceptors (Lipinski definition) is 4. The van der Waals surface area contributed by atoms with E-state index in [0.29, 0.717) is 13.0 Å². The Morgan fingerprint density at radius 3 is 2.62 bits per heavy atom. The Labute approximate surface area is 105 Å². The van der Waals surface area contributed by atoms with Crippen molar-refractivity contribution < 1.29 is 9.53 Å². The van der Waals surface area contributed by atoms with E-state index in [1.54, 1.807) is 21.6 Å². The molecule has 1 rings (SSSR count). The third-order valence-electron chi connectivity index (χ3n) is 1.87. The first kappa shape index (κ1) is 13.5. The van der Waals surface area contributed by atoms with Crippen molar-refractivity contribution in [3.05, 3.63) is 29.8 Å². The van der Waals surface area contributed by atoms with Crippen molar-refractivity contribution in [3.63, 3.8) is 0 Å². The Kier molecular flexibility index (Phi) is 6.42. The van der Waals surface area contributed by atoms with Crippen LogP contribution in [0, 0.1) is 6.92 Å². The van der Waals surface area contributed by atoms with Crippen molar-refractivity contribution in [2.45, 2.75) is 25.2 Å². The molecule has 0 fully saturated rings. The minimum Gasteiger partial charge on any atom is -0.466 e. The maximum atomic E-state index is 11.1. The molecule has 0 saturated carbocycles. The summed E-state index contributed by atoms with van der Waals surface area (Å²) in [7, 11) is 3.38. The highest BCUT2D eigenvalue weighted by atomic mass is 33.1. The van der Waals surface area contributed by atoms with E-state index in [1.165, 1.54) is 10.5 Å². The minimum absolute atomic E-state index is 0.112. The van der Waals surface area contributed by atoms with Crippen molar-refractivity contribution in [2.75, 3.05) is 12.4 Å². The Morgan fingerprint density at radius 2 is 2.00 bits per heavy atom. The second-order valence-corrected chi connectivity index (χ2v) is 5.76. The van der Waals surface area contributed by atoms with Crippen LogP contribution in [0.1, 0.15) is 18.9 Å².